The molecule has 1 saturated heterocycles. The van der Waals surface area contributed by atoms with E-state index < -0.39 is 11.5 Å². The van der Waals surface area contributed by atoms with E-state index in [0.717, 1.165) is 6.42 Å². The Morgan fingerprint density at radius 3 is 2.90 bits per heavy atom. The molecule has 1 aromatic heterocycles. The highest BCUT2D eigenvalue weighted by Crippen LogP contribution is 2.28. The Morgan fingerprint density at radius 1 is 1.55 bits per heavy atom. The minimum atomic E-state index is -0.929. The van der Waals surface area contributed by atoms with Crippen molar-refractivity contribution in [3.63, 3.8) is 0 Å². The molecule has 1 aliphatic rings. The highest BCUT2D eigenvalue weighted by atomic mass is 16.4. The van der Waals surface area contributed by atoms with Crippen LogP contribution >= 0.6 is 0 Å². The lowest BCUT2D eigenvalue weighted by molar-refractivity contribution is -0.150. The molecule has 6 nitrogen and oxygen atoms in total. The number of carbonyl (C=O) groups is 2. The van der Waals surface area contributed by atoms with Gasteiger partial charge >= 0.3 is 5.97 Å². The standard InChI is InChI=1S/C14H20N2O4/c1-14(13(18)19)6-4-7-16(14)10-12(17)15(2)9-11-5-3-8-20-11/h3,5,8H,4,6-7,9-10H2,1-2H3,(H,18,19). The lowest BCUT2D eigenvalue weighted by Gasteiger charge is -2.31. The summed E-state index contributed by atoms with van der Waals surface area (Å²) in [6.45, 7) is 2.84. The molecule has 0 aliphatic carbocycles. The van der Waals surface area contributed by atoms with E-state index in [1.54, 1.807) is 42.2 Å². The van der Waals surface area contributed by atoms with E-state index in [1.165, 1.54) is 0 Å². The van der Waals surface area contributed by atoms with Gasteiger partial charge in [-0.25, -0.2) is 0 Å². The SMILES string of the molecule is CN(Cc1ccco1)C(=O)CN1CCCC1(C)C(=O)O. The predicted octanol–water partition coefficient (Wildman–Crippen LogP) is 1.18. The number of amides is 1. The maximum absolute atomic E-state index is 12.2. The van der Waals surface area contributed by atoms with Crippen molar-refractivity contribution in [3.05, 3.63) is 24.2 Å². The Morgan fingerprint density at radius 2 is 2.30 bits per heavy atom. The molecular weight excluding hydrogens is 260 g/mol. The predicted molar refractivity (Wildman–Crippen MR) is 72.0 cm³/mol. The molecule has 1 aliphatic heterocycles. The van der Waals surface area contributed by atoms with Crippen molar-refractivity contribution in [1.29, 1.82) is 0 Å². The highest BCUT2D eigenvalue weighted by molar-refractivity contribution is 5.82. The molecule has 0 spiro atoms. The van der Waals surface area contributed by atoms with Gasteiger partial charge in [0, 0.05) is 7.05 Å². The molecule has 1 aromatic rings. The summed E-state index contributed by atoms with van der Waals surface area (Å²) in [6.07, 6.45) is 2.95. The zero-order valence-electron chi connectivity index (χ0n) is 11.8. The average molecular weight is 280 g/mol. The molecule has 1 unspecified atom stereocenters. The average Bonchev–Trinajstić information content (AvgIpc) is 3.01. The van der Waals surface area contributed by atoms with E-state index in [1.807, 2.05) is 0 Å². The third kappa shape index (κ3) is 2.85. The van der Waals surface area contributed by atoms with Crippen molar-refractivity contribution >= 4 is 11.9 Å². The summed E-state index contributed by atoms with van der Waals surface area (Å²) in [5.74, 6) is -0.254. The summed E-state index contributed by atoms with van der Waals surface area (Å²) < 4.78 is 5.20. The first-order chi connectivity index (χ1) is 9.43. The quantitative estimate of drug-likeness (QED) is 0.876. The van der Waals surface area contributed by atoms with E-state index in [-0.39, 0.29) is 12.5 Å². The van der Waals surface area contributed by atoms with Crippen molar-refractivity contribution in [2.45, 2.75) is 31.8 Å². The van der Waals surface area contributed by atoms with Crippen molar-refractivity contribution in [2.24, 2.45) is 0 Å². The first-order valence-electron chi connectivity index (χ1n) is 6.68. The van der Waals surface area contributed by atoms with Gasteiger partial charge in [0.2, 0.25) is 5.91 Å². The monoisotopic (exact) mass is 280 g/mol. The van der Waals surface area contributed by atoms with E-state index in [9.17, 15) is 14.7 Å². The molecular formula is C14H20N2O4. The molecule has 0 aromatic carbocycles. The summed E-state index contributed by atoms with van der Waals surface area (Å²) >= 11 is 0. The number of nitrogens with zero attached hydrogens (tertiary/aromatic N) is 2. The highest BCUT2D eigenvalue weighted by Gasteiger charge is 2.44. The molecule has 2 rings (SSSR count). The van der Waals surface area contributed by atoms with Gasteiger partial charge in [-0.2, -0.15) is 0 Å². The minimum absolute atomic E-state index is 0.101. The number of carboxylic acids is 1. The topological polar surface area (TPSA) is 74.0 Å². The van der Waals surface area contributed by atoms with Gasteiger partial charge in [-0.3, -0.25) is 14.5 Å². The van der Waals surface area contributed by atoms with Crippen LogP contribution in [0.4, 0.5) is 0 Å². The summed E-state index contributed by atoms with van der Waals surface area (Å²) in [6, 6.07) is 3.58. The van der Waals surface area contributed by atoms with Crippen LogP contribution in [0.3, 0.4) is 0 Å². The third-order valence-electron chi connectivity index (χ3n) is 3.98. The van der Waals surface area contributed by atoms with E-state index in [0.29, 0.717) is 25.3 Å². The molecule has 1 N–H and O–H groups in total. The van der Waals surface area contributed by atoms with Gasteiger partial charge in [-0.15, -0.1) is 0 Å². The second-order valence-corrected chi connectivity index (χ2v) is 5.43. The molecule has 0 bridgehead atoms. The third-order valence-corrected chi connectivity index (χ3v) is 3.98. The number of furan rings is 1. The molecule has 0 radical (unpaired) electrons. The molecule has 1 amide bonds. The van der Waals surface area contributed by atoms with Gasteiger partial charge in [-0.1, -0.05) is 0 Å². The molecule has 6 heteroatoms. The largest absolute Gasteiger partial charge is 0.480 e. The Balaban J connectivity index is 1.95. The molecule has 110 valence electrons. The van der Waals surface area contributed by atoms with Crippen LogP contribution in [0.25, 0.3) is 0 Å². The van der Waals surface area contributed by atoms with Crippen molar-refractivity contribution in [1.82, 2.24) is 9.80 Å². The van der Waals surface area contributed by atoms with Crippen LogP contribution in [0.15, 0.2) is 22.8 Å². The first-order valence-corrected chi connectivity index (χ1v) is 6.68. The van der Waals surface area contributed by atoms with Crippen LogP contribution < -0.4 is 0 Å². The number of carboxylic acid groups (broad SMARTS) is 1. The molecule has 2 heterocycles. The molecule has 1 atom stereocenters. The fourth-order valence-electron chi connectivity index (χ4n) is 2.52. The fourth-order valence-corrected chi connectivity index (χ4v) is 2.52. The van der Waals surface area contributed by atoms with Gasteiger partial charge in [0.1, 0.15) is 11.3 Å². The number of likely N-dealkylation sites (tertiary alicyclic amines) is 1. The normalized spacial score (nSPS) is 22.9. The van der Waals surface area contributed by atoms with Crippen molar-refractivity contribution in [2.75, 3.05) is 20.1 Å². The summed E-state index contributed by atoms with van der Waals surface area (Å²) in [5.41, 5.74) is -0.929. The van der Waals surface area contributed by atoms with Gasteiger partial charge in [0.25, 0.3) is 0 Å². The van der Waals surface area contributed by atoms with E-state index in [2.05, 4.69) is 0 Å². The summed E-state index contributed by atoms with van der Waals surface area (Å²) in [7, 11) is 1.69. The van der Waals surface area contributed by atoms with Gasteiger partial charge in [-0.05, 0) is 38.4 Å². The summed E-state index contributed by atoms with van der Waals surface area (Å²) in [5, 5.41) is 9.32. The lowest BCUT2D eigenvalue weighted by Crippen LogP contribution is -2.51. The van der Waals surface area contributed by atoms with Gasteiger partial charge < -0.3 is 14.4 Å². The van der Waals surface area contributed by atoms with Crippen LogP contribution in [0.2, 0.25) is 0 Å². The number of likely N-dealkylation sites (N-methyl/N-ethyl adjacent to an activating group) is 1. The van der Waals surface area contributed by atoms with Crippen molar-refractivity contribution in [3.8, 4) is 0 Å². The number of carbonyl (C=O) groups excluding carboxylic acids is 1. The second-order valence-electron chi connectivity index (χ2n) is 5.43. The minimum Gasteiger partial charge on any atom is -0.480 e. The Kier molecular flexibility index (Phi) is 4.13. The van der Waals surface area contributed by atoms with E-state index >= 15 is 0 Å². The Hall–Kier alpha value is -1.82. The first kappa shape index (κ1) is 14.6. The van der Waals surface area contributed by atoms with Gasteiger partial charge in [0.15, 0.2) is 0 Å². The maximum atomic E-state index is 12.2. The van der Waals surface area contributed by atoms with Crippen LogP contribution in [-0.4, -0.2) is 52.5 Å². The Bertz CT molecular complexity index is 485. The zero-order valence-corrected chi connectivity index (χ0v) is 11.8. The smallest absolute Gasteiger partial charge is 0.323 e. The van der Waals surface area contributed by atoms with Crippen molar-refractivity contribution < 1.29 is 19.1 Å². The molecule has 0 saturated carbocycles. The number of hydrogen-bond donors (Lipinski definition) is 1. The second kappa shape index (κ2) is 5.66. The number of rotatable bonds is 5. The Labute approximate surface area is 118 Å². The van der Waals surface area contributed by atoms with Gasteiger partial charge in [0.05, 0.1) is 19.4 Å². The number of aliphatic carboxylic acids is 1. The van der Waals surface area contributed by atoms with Crippen LogP contribution in [0.5, 0.6) is 0 Å². The van der Waals surface area contributed by atoms with Crippen LogP contribution in [0, 0.1) is 0 Å². The summed E-state index contributed by atoms with van der Waals surface area (Å²) in [4.78, 5) is 26.8. The zero-order chi connectivity index (χ0) is 14.8. The van der Waals surface area contributed by atoms with E-state index in [4.69, 9.17) is 4.42 Å². The fraction of sp³-hybridized carbons (Fsp3) is 0.571. The molecule has 1 fully saturated rings. The van der Waals surface area contributed by atoms with Crippen LogP contribution in [-0.2, 0) is 16.1 Å². The lowest BCUT2D eigenvalue weighted by atomic mass is 9.99. The maximum Gasteiger partial charge on any atom is 0.323 e. The van der Waals surface area contributed by atoms with Crippen LogP contribution in [0.1, 0.15) is 25.5 Å². The number of hydrogen-bond acceptors (Lipinski definition) is 4. The molecule has 20 heavy (non-hydrogen) atoms.